The van der Waals surface area contributed by atoms with Crippen molar-refractivity contribution >= 4 is 31.4 Å². The molecular weight excluding hydrogens is 743 g/mol. The fraction of sp³-hybridized carbons (Fsp3) is 0.897. The van der Waals surface area contributed by atoms with Gasteiger partial charge in [-0.1, -0.05) is 0 Å². The average Bonchev–Trinajstić information content (AvgIpc) is 3.05. The summed E-state index contributed by atoms with van der Waals surface area (Å²) in [7, 11) is -3.85. The van der Waals surface area contributed by atoms with Gasteiger partial charge >= 0.3 is 25.5 Å². The molecule has 1 heterocycles. The topological polar surface area (TPSA) is 183 Å². The summed E-state index contributed by atoms with van der Waals surface area (Å²) in [5.41, 5.74) is 3.50. The first kappa shape index (κ1) is 51.8. The van der Waals surface area contributed by atoms with Crippen LogP contribution >= 0.6 is 7.60 Å². The van der Waals surface area contributed by atoms with Crippen molar-refractivity contribution in [1.82, 2.24) is 24.9 Å². The molecular formula is C39H77N6O10P. The summed E-state index contributed by atoms with van der Waals surface area (Å²) < 4.78 is 43.9. The van der Waals surface area contributed by atoms with Crippen LogP contribution < -0.4 is 11.1 Å². The first-order chi connectivity index (χ1) is 25.8. The molecule has 16 nitrogen and oxygen atoms in total. The van der Waals surface area contributed by atoms with E-state index in [9.17, 15) is 23.7 Å². The van der Waals surface area contributed by atoms with Crippen LogP contribution in [0.1, 0.15) is 110 Å². The Balaban J connectivity index is 3.85. The summed E-state index contributed by atoms with van der Waals surface area (Å²) in [5, 5.41) is 2.79. The van der Waals surface area contributed by atoms with Crippen molar-refractivity contribution in [1.29, 1.82) is 0 Å². The Morgan fingerprint density at radius 2 is 0.911 bits per heavy atom. The molecule has 0 aromatic heterocycles. The zero-order valence-corrected chi connectivity index (χ0v) is 38.0. The van der Waals surface area contributed by atoms with Gasteiger partial charge in [-0.05, 0) is 103 Å². The zero-order chi connectivity index (χ0) is 43.1. The Labute approximate surface area is 337 Å². The van der Waals surface area contributed by atoms with E-state index in [0.717, 1.165) is 0 Å². The highest BCUT2D eigenvalue weighted by Gasteiger charge is 2.41. The number of hydrogen-bond acceptors (Lipinski definition) is 15. The Kier molecular flexibility index (Phi) is 21.7. The number of nitrogens with one attached hydrogen (secondary N) is 1. The predicted octanol–water partition coefficient (Wildman–Crippen LogP) is 3.85. The maximum absolute atomic E-state index is 14.7. The molecule has 56 heavy (non-hydrogen) atoms. The first-order valence-electron chi connectivity index (χ1n) is 20.3. The second-order valence-corrected chi connectivity index (χ2v) is 19.5. The minimum Gasteiger partial charge on any atom is -0.459 e. The first-order valence-corrected chi connectivity index (χ1v) is 21.9. The van der Waals surface area contributed by atoms with E-state index in [-0.39, 0.29) is 44.5 Å². The lowest BCUT2D eigenvalue weighted by Crippen LogP contribution is -2.55. The molecule has 0 spiro atoms. The number of ether oxygens (including phenoxy) is 3. The normalized spacial score (nSPS) is 19.1. The number of carbonyl (C=O) groups excluding carboxylic acids is 4. The van der Waals surface area contributed by atoms with E-state index < -0.39 is 60.2 Å². The molecule has 4 atom stereocenters. The Morgan fingerprint density at radius 1 is 0.607 bits per heavy atom. The van der Waals surface area contributed by atoms with E-state index in [4.69, 9.17) is 29.0 Å². The van der Waals surface area contributed by atoms with Crippen LogP contribution in [-0.4, -0.2) is 163 Å². The third-order valence-corrected chi connectivity index (χ3v) is 11.6. The lowest BCUT2D eigenvalue weighted by atomic mass is 10.1. The Hall–Kier alpha value is -2.17. The summed E-state index contributed by atoms with van der Waals surface area (Å²) in [5.74, 6) is -2.26. The molecule has 0 aliphatic carbocycles. The van der Waals surface area contributed by atoms with Crippen LogP contribution in [0.3, 0.4) is 0 Å². The second-order valence-electron chi connectivity index (χ2n) is 17.3. The van der Waals surface area contributed by atoms with Crippen molar-refractivity contribution in [2.24, 2.45) is 5.73 Å². The summed E-state index contributed by atoms with van der Waals surface area (Å²) >= 11 is 0. The quantitative estimate of drug-likeness (QED) is 0.123. The van der Waals surface area contributed by atoms with Crippen molar-refractivity contribution in [2.45, 2.75) is 150 Å². The standard InChI is InChI=1S/C39H77N6O10P/c1-15-51-56(50,52-16-2)33(18-17-32(46)41-20-19-40)45-27-25-43(30(4)35(48)54-38(9,10)11)23-21-42(29(3)34(47)53-37(6,7)8)22-24-44(26-28-45)31(5)36(49)55-39(12,13)14/h29-31,33H,15-28,40H2,1-14H3,(H,41,46)/t29-,30-,31+,33?/m1/s1. The van der Waals surface area contributed by atoms with Crippen molar-refractivity contribution in [3.05, 3.63) is 0 Å². The van der Waals surface area contributed by atoms with Gasteiger partial charge < -0.3 is 34.3 Å². The van der Waals surface area contributed by atoms with E-state index in [1.807, 2.05) is 81.9 Å². The van der Waals surface area contributed by atoms with Crippen LogP contribution in [0.25, 0.3) is 0 Å². The maximum atomic E-state index is 14.7. The molecule has 0 aromatic carbocycles. The third-order valence-electron chi connectivity index (χ3n) is 9.09. The largest absolute Gasteiger partial charge is 0.459 e. The van der Waals surface area contributed by atoms with Crippen LogP contribution in [0.4, 0.5) is 0 Å². The van der Waals surface area contributed by atoms with E-state index >= 15 is 0 Å². The molecule has 0 radical (unpaired) electrons. The van der Waals surface area contributed by atoms with E-state index in [1.165, 1.54) is 0 Å². The van der Waals surface area contributed by atoms with E-state index in [2.05, 4.69) is 5.32 Å². The molecule has 328 valence electrons. The molecule has 17 heteroatoms. The molecule has 1 amide bonds. The fourth-order valence-corrected chi connectivity index (χ4v) is 8.43. The van der Waals surface area contributed by atoms with Crippen LogP contribution in [0.5, 0.6) is 0 Å². The van der Waals surface area contributed by atoms with Crippen LogP contribution in [0.15, 0.2) is 0 Å². The smallest absolute Gasteiger partial charge is 0.347 e. The van der Waals surface area contributed by atoms with Crippen molar-refractivity contribution in [2.75, 3.05) is 78.7 Å². The van der Waals surface area contributed by atoms with Crippen molar-refractivity contribution < 1.29 is 47.0 Å². The fourth-order valence-electron chi connectivity index (χ4n) is 6.21. The number of nitrogens with two attached hydrogens (primary N) is 1. The summed E-state index contributed by atoms with van der Waals surface area (Å²) in [6.07, 6.45) is 0.191. The Bertz CT molecular complexity index is 1220. The highest BCUT2D eigenvalue weighted by Crippen LogP contribution is 2.55. The summed E-state index contributed by atoms with van der Waals surface area (Å²) in [6, 6.07) is -1.98. The molecule has 0 bridgehead atoms. The zero-order valence-electron chi connectivity index (χ0n) is 37.1. The third kappa shape index (κ3) is 19.1. The van der Waals surface area contributed by atoms with Crippen LogP contribution in [0, 0.1) is 0 Å². The van der Waals surface area contributed by atoms with Gasteiger partial charge in [-0.25, -0.2) is 0 Å². The summed E-state index contributed by atoms with van der Waals surface area (Å²) in [6.45, 7) is 28.8. The van der Waals surface area contributed by atoms with Crippen LogP contribution in [-0.2, 0) is 47.0 Å². The van der Waals surface area contributed by atoms with Gasteiger partial charge in [0.2, 0.25) is 5.91 Å². The maximum Gasteiger partial charge on any atom is 0.347 e. The average molecular weight is 821 g/mol. The van der Waals surface area contributed by atoms with Gasteiger partial charge in [-0.15, -0.1) is 0 Å². The highest BCUT2D eigenvalue weighted by molar-refractivity contribution is 7.54. The van der Waals surface area contributed by atoms with E-state index in [1.54, 1.807) is 34.6 Å². The van der Waals surface area contributed by atoms with Gasteiger partial charge in [-0.3, -0.25) is 43.3 Å². The Morgan fingerprint density at radius 3 is 1.18 bits per heavy atom. The van der Waals surface area contributed by atoms with Gasteiger partial charge in [-0.2, -0.15) is 0 Å². The molecule has 1 aliphatic rings. The van der Waals surface area contributed by atoms with Crippen LogP contribution in [0.2, 0.25) is 0 Å². The SMILES string of the molecule is CCOP(=O)(OCC)C(CCC(=O)NCCN)N1CCN([C@H](C)C(=O)OC(C)(C)C)CCN([C@H](C)C(=O)OC(C)(C)C)CCN([C@@H](C)C(=O)OC(C)(C)C)CC1. The number of hydrogen-bond donors (Lipinski definition) is 2. The monoisotopic (exact) mass is 821 g/mol. The second kappa shape index (κ2) is 23.4. The van der Waals surface area contributed by atoms with Crippen molar-refractivity contribution in [3.63, 3.8) is 0 Å². The minimum absolute atomic E-state index is 0.0405. The molecule has 1 fully saturated rings. The van der Waals surface area contributed by atoms with Gasteiger partial charge in [0.1, 0.15) is 40.7 Å². The lowest BCUT2D eigenvalue weighted by molar-refractivity contribution is -0.164. The number of rotatable bonds is 17. The molecule has 1 saturated heterocycles. The van der Waals surface area contributed by atoms with Gasteiger partial charge in [0, 0.05) is 71.9 Å². The molecule has 1 rings (SSSR count). The molecule has 1 aliphatic heterocycles. The number of nitrogens with zero attached hydrogens (tertiary/aromatic N) is 4. The molecule has 0 saturated carbocycles. The van der Waals surface area contributed by atoms with Gasteiger partial charge in [0.15, 0.2) is 0 Å². The molecule has 0 aromatic rings. The lowest BCUT2D eigenvalue weighted by Gasteiger charge is -2.41. The van der Waals surface area contributed by atoms with E-state index in [0.29, 0.717) is 58.9 Å². The summed E-state index contributed by atoms with van der Waals surface area (Å²) in [4.78, 5) is 61.4. The molecule has 1 unspecified atom stereocenters. The predicted molar refractivity (Wildman–Crippen MR) is 218 cm³/mol. The molecule has 3 N–H and O–H groups in total. The highest BCUT2D eigenvalue weighted by atomic mass is 31.2. The minimum atomic E-state index is -3.85. The number of carbonyl (C=O) groups is 4. The van der Waals surface area contributed by atoms with Crippen molar-refractivity contribution in [3.8, 4) is 0 Å². The van der Waals surface area contributed by atoms with Gasteiger partial charge in [0.25, 0.3) is 0 Å². The van der Waals surface area contributed by atoms with Gasteiger partial charge in [0.05, 0.1) is 13.2 Å². The number of amides is 1. The number of esters is 3.